The van der Waals surface area contributed by atoms with Crippen molar-refractivity contribution in [3.05, 3.63) is 29.8 Å². The lowest BCUT2D eigenvalue weighted by atomic mass is 9.93. The number of carbonyl (C=O) groups excluding carboxylic acids is 1. The fraction of sp³-hybridized carbons (Fsp3) is 0.500. The van der Waals surface area contributed by atoms with Crippen molar-refractivity contribution < 1.29 is 27.8 Å². The van der Waals surface area contributed by atoms with E-state index in [2.05, 4.69) is 4.74 Å². The number of hydrogen-bond acceptors (Lipinski definition) is 3. The van der Waals surface area contributed by atoms with Crippen molar-refractivity contribution >= 4 is 5.91 Å². The number of nitrogens with zero attached hydrogens (tertiary/aromatic N) is 1. The van der Waals surface area contributed by atoms with Crippen LogP contribution in [0.5, 0.6) is 5.75 Å². The van der Waals surface area contributed by atoms with Crippen molar-refractivity contribution in [1.82, 2.24) is 4.90 Å². The number of halogens is 3. The summed E-state index contributed by atoms with van der Waals surface area (Å²) in [6.07, 6.45) is -3.79. The van der Waals surface area contributed by atoms with Crippen LogP contribution in [0.1, 0.15) is 30.1 Å². The highest BCUT2D eigenvalue weighted by Gasteiger charge is 2.32. The van der Waals surface area contributed by atoms with Crippen molar-refractivity contribution in [2.75, 3.05) is 13.1 Å². The fourth-order valence-electron chi connectivity index (χ4n) is 2.17. The van der Waals surface area contributed by atoms with Crippen LogP contribution in [0.25, 0.3) is 0 Å². The summed E-state index contributed by atoms with van der Waals surface area (Å²) in [5.74, 6) is -0.621. The van der Waals surface area contributed by atoms with Crippen molar-refractivity contribution in [2.24, 2.45) is 0 Å². The highest BCUT2D eigenvalue weighted by atomic mass is 19.4. The Hall–Kier alpha value is -1.76. The first kappa shape index (κ1) is 15.6. The molecule has 1 N–H and O–H groups in total. The Labute approximate surface area is 120 Å². The van der Waals surface area contributed by atoms with Gasteiger partial charge >= 0.3 is 6.36 Å². The monoisotopic (exact) mass is 303 g/mol. The van der Waals surface area contributed by atoms with Crippen LogP contribution in [0, 0.1) is 0 Å². The van der Waals surface area contributed by atoms with Crippen LogP contribution < -0.4 is 4.74 Å². The van der Waals surface area contributed by atoms with E-state index in [9.17, 15) is 23.1 Å². The Morgan fingerprint density at radius 1 is 1.24 bits per heavy atom. The van der Waals surface area contributed by atoms with Gasteiger partial charge in [0.2, 0.25) is 0 Å². The zero-order chi connectivity index (χ0) is 15.7. The molecular weight excluding hydrogens is 287 g/mol. The molecule has 0 saturated carbocycles. The molecule has 1 aromatic rings. The van der Waals surface area contributed by atoms with Crippen molar-refractivity contribution in [1.29, 1.82) is 0 Å². The maximum absolute atomic E-state index is 12.2. The molecule has 0 aliphatic carbocycles. The third-order valence-electron chi connectivity index (χ3n) is 3.46. The van der Waals surface area contributed by atoms with E-state index in [0.29, 0.717) is 31.5 Å². The van der Waals surface area contributed by atoms with E-state index < -0.39 is 12.0 Å². The third-order valence-corrected chi connectivity index (χ3v) is 3.46. The SMILES string of the molecule is CC1(O)CCN(C(=O)c2ccc(OC(F)(F)F)cc2)CC1. The highest BCUT2D eigenvalue weighted by Crippen LogP contribution is 2.25. The normalized spacial score (nSPS) is 18.4. The lowest BCUT2D eigenvalue weighted by Gasteiger charge is -2.35. The Balaban J connectivity index is 2.00. The molecule has 21 heavy (non-hydrogen) atoms. The van der Waals surface area contributed by atoms with Crippen LogP contribution in [0.2, 0.25) is 0 Å². The third kappa shape index (κ3) is 4.35. The molecule has 116 valence electrons. The lowest BCUT2D eigenvalue weighted by Crippen LogP contribution is -2.45. The van der Waals surface area contributed by atoms with E-state index in [1.165, 1.54) is 12.1 Å². The minimum atomic E-state index is -4.75. The first-order chi connectivity index (χ1) is 9.66. The molecule has 1 fully saturated rings. The fourth-order valence-corrected chi connectivity index (χ4v) is 2.17. The van der Waals surface area contributed by atoms with Gasteiger partial charge in [-0.2, -0.15) is 0 Å². The highest BCUT2D eigenvalue weighted by molar-refractivity contribution is 5.94. The van der Waals surface area contributed by atoms with Crippen molar-refractivity contribution in [2.45, 2.75) is 31.7 Å². The van der Waals surface area contributed by atoms with E-state index in [0.717, 1.165) is 12.1 Å². The average Bonchev–Trinajstić information content (AvgIpc) is 2.37. The smallest absolute Gasteiger partial charge is 0.406 e. The summed E-state index contributed by atoms with van der Waals surface area (Å²) in [6, 6.07) is 4.83. The summed E-state index contributed by atoms with van der Waals surface area (Å²) < 4.78 is 39.9. The van der Waals surface area contributed by atoms with Crippen LogP contribution in [0.3, 0.4) is 0 Å². The number of rotatable bonds is 2. The molecule has 0 bridgehead atoms. The number of hydrogen-bond donors (Lipinski definition) is 1. The van der Waals surface area contributed by atoms with Gasteiger partial charge < -0.3 is 14.7 Å². The number of carbonyl (C=O) groups is 1. The van der Waals surface area contributed by atoms with Gasteiger partial charge in [0.1, 0.15) is 5.75 Å². The molecule has 1 amide bonds. The number of piperidine rings is 1. The molecule has 1 aliphatic rings. The molecule has 0 unspecified atom stereocenters. The van der Waals surface area contributed by atoms with E-state index in [4.69, 9.17) is 0 Å². The molecule has 1 aromatic carbocycles. The molecule has 0 atom stereocenters. The molecule has 0 aromatic heterocycles. The summed E-state index contributed by atoms with van der Waals surface area (Å²) in [7, 11) is 0. The Morgan fingerprint density at radius 3 is 2.24 bits per heavy atom. The van der Waals surface area contributed by atoms with E-state index in [1.807, 2.05) is 0 Å². The van der Waals surface area contributed by atoms with Crippen molar-refractivity contribution in [3.8, 4) is 5.75 Å². The topological polar surface area (TPSA) is 49.8 Å². The first-order valence-corrected chi connectivity index (χ1v) is 6.54. The van der Waals surface area contributed by atoms with Gasteiger partial charge in [-0.15, -0.1) is 13.2 Å². The van der Waals surface area contributed by atoms with Gasteiger partial charge in [-0.3, -0.25) is 4.79 Å². The second-order valence-corrected chi connectivity index (χ2v) is 5.36. The molecule has 0 spiro atoms. The number of benzene rings is 1. The zero-order valence-electron chi connectivity index (χ0n) is 11.5. The van der Waals surface area contributed by atoms with Crippen LogP contribution in [0.15, 0.2) is 24.3 Å². The predicted molar refractivity (Wildman–Crippen MR) is 68.9 cm³/mol. The van der Waals surface area contributed by atoms with Gasteiger partial charge in [0.05, 0.1) is 5.60 Å². The average molecular weight is 303 g/mol. The lowest BCUT2D eigenvalue weighted by molar-refractivity contribution is -0.274. The number of amides is 1. The minimum Gasteiger partial charge on any atom is -0.406 e. The first-order valence-electron chi connectivity index (χ1n) is 6.54. The van der Waals surface area contributed by atoms with Crippen LogP contribution in [-0.2, 0) is 0 Å². The van der Waals surface area contributed by atoms with Gasteiger partial charge in [-0.1, -0.05) is 0 Å². The molecule has 7 heteroatoms. The van der Waals surface area contributed by atoms with Gasteiger partial charge in [0.15, 0.2) is 0 Å². The van der Waals surface area contributed by atoms with Gasteiger partial charge in [-0.25, -0.2) is 0 Å². The Morgan fingerprint density at radius 2 is 1.76 bits per heavy atom. The summed E-state index contributed by atoms with van der Waals surface area (Å²) in [4.78, 5) is 13.8. The summed E-state index contributed by atoms with van der Waals surface area (Å²) in [5, 5.41) is 9.83. The molecule has 0 radical (unpaired) electrons. The van der Waals surface area contributed by atoms with Gasteiger partial charge in [-0.05, 0) is 44.0 Å². The second-order valence-electron chi connectivity index (χ2n) is 5.36. The minimum absolute atomic E-state index is 0.260. The Kier molecular flexibility index (Phi) is 4.13. The van der Waals surface area contributed by atoms with Crippen LogP contribution in [-0.4, -0.2) is 41.0 Å². The van der Waals surface area contributed by atoms with Crippen LogP contribution in [0.4, 0.5) is 13.2 Å². The summed E-state index contributed by atoms with van der Waals surface area (Å²) >= 11 is 0. The maximum Gasteiger partial charge on any atom is 0.573 e. The molecule has 2 rings (SSSR count). The van der Waals surface area contributed by atoms with Gasteiger partial charge in [0, 0.05) is 18.7 Å². The van der Waals surface area contributed by atoms with Crippen LogP contribution >= 0.6 is 0 Å². The van der Waals surface area contributed by atoms with Crippen molar-refractivity contribution in [3.63, 3.8) is 0 Å². The number of ether oxygens (including phenoxy) is 1. The number of aliphatic hydroxyl groups is 1. The van der Waals surface area contributed by atoms with E-state index in [1.54, 1.807) is 11.8 Å². The second kappa shape index (κ2) is 5.55. The Bertz CT molecular complexity index is 501. The largest absolute Gasteiger partial charge is 0.573 e. The maximum atomic E-state index is 12.2. The van der Waals surface area contributed by atoms with Gasteiger partial charge in [0.25, 0.3) is 5.91 Å². The summed E-state index contributed by atoms with van der Waals surface area (Å²) in [6.45, 7) is 2.57. The predicted octanol–water partition coefficient (Wildman–Crippen LogP) is 2.57. The molecule has 1 saturated heterocycles. The van der Waals surface area contributed by atoms with E-state index in [-0.39, 0.29) is 11.7 Å². The quantitative estimate of drug-likeness (QED) is 0.913. The van der Waals surface area contributed by atoms with E-state index >= 15 is 0 Å². The summed E-state index contributed by atoms with van der Waals surface area (Å²) in [5.41, 5.74) is -0.465. The molecule has 4 nitrogen and oxygen atoms in total. The molecule has 1 heterocycles. The molecular formula is C14H16F3NO3. The zero-order valence-corrected chi connectivity index (χ0v) is 11.5. The molecule has 1 aliphatic heterocycles. The number of alkyl halides is 3. The number of likely N-dealkylation sites (tertiary alicyclic amines) is 1. The standard InChI is InChI=1S/C14H16F3NO3/c1-13(20)6-8-18(9-7-13)12(19)10-2-4-11(5-3-10)21-14(15,16)17/h2-5,20H,6-9H2,1H3.